The Morgan fingerprint density at radius 2 is 1.91 bits per heavy atom. The molecule has 1 aliphatic heterocycles. The number of benzene rings is 1. The number of nitrogens with zero attached hydrogens (tertiary/aromatic N) is 3. The lowest BCUT2D eigenvalue weighted by atomic mass is 9.92. The van der Waals surface area contributed by atoms with Crippen LogP contribution in [0.3, 0.4) is 0 Å². The van der Waals surface area contributed by atoms with Crippen molar-refractivity contribution >= 4 is 29.8 Å². The Kier molecular flexibility index (Phi) is 7.27. The van der Waals surface area contributed by atoms with Gasteiger partial charge < -0.3 is 4.90 Å². The molecule has 178 valence electrons. The van der Waals surface area contributed by atoms with Crippen molar-refractivity contribution in [1.82, 2.24) is 14.3 Å². The van der Waals surface area contributed by atoms with E-state index in [1.54, 1.807) is 10.5 Å². The minimum Gasteiger partial charge on any atom is -0.338 e. The van der Waals surface area contributed by atoms with E-state index in [1.165, 1.54) is 0 Å². The first-order chi connectivity index (χ1) is 16.3. The second-order valence-electron chi connectivity index (χ2n) is 9.28. The summed E-state index contributed by atoms with van der Waals surface area (Å²) in [4.78, 5) is 33.3. The molecule has 6 heteroatoms. The highest BCUT2D eigenvalue weighted by Crippen LogP contribution is 2.32. The number of carbonyl (C=O) groups is 1. The van der Waals surface area contributed by atoms with Gasteiger partial charge in [-0.15, -0.1) is 12.6 Å². The third-order valence-corrected chi connectivity index (χ3v) is 7.32. The van der Waals surface area contributed by atoms with Gasteiger partial charge in [0, 0.05) is 41.7 Å². The van der Waals surface area contributed by atoms with Crippen LogP contribution in [0.4, 0.5) is 0 Å². The highest BCUT2D eigenvalue weighted by molar-refractivity contribution is 7.80. The average molecular weight is 476 g/mol. The standard InChI is InChI=1S/C28H33N3O2S/c1-5-18(3)24-15-22(34)8-9-23(24)25-16-27(32)31-17-21(7-10-26(31)29-25)20-11-13-30(14-12-20)28(33)19(4)6-2/h7-11,15-19,34H,5-6,12-14H2,1-4H3. The van der Waals surface area contributed by atoms with Crippen LogP contribution in [-0.2, 0) is 4.79 Å². The molecule has 3 aromatic rings. The van der Waals surface area contributed by atoms with Crippen molar-refractivity contribution in [3.8, 4) is 11.3 Å². The van der Waals surface area contributed by atoms with Gasteiger partial charge in [0.1, 0.15) is 5.65 Å². The van der Waals surface area contributed by atoms with Gasteiger partial charge in [0.05, 0.1) is 5.69 Å². The van der Waals surface area contributed by atoms with Crippen LogP contribution in [-0.4, -0.2) is 33.3 Å². The van der Waals surface area contributed by atoms with Crippen LogP contribution >= 0.6 is 12.6 Å². The number of rotatable bonds is 6. The lowest BCUT2D eigenvalue weighted by Crippen LogP contribution is -2.38. The van der Waals surface area contributed by atoms with Gasteiger partial charge in [-0.05, 0) is 66.1 Å². The second-order valence-corrected chi connectivity index (χ2v) is 9.80. The summed E-state index contributed by atoms with van der Waals surface area (Å²) in [6, 6.07) is 11.6. The molecule has 0 aliphatic carbocycles. The SMILES string of the molecule is CCC(C)C(=O)N1CC=C(c2ccc3nc(-c4ccc(S)cc4C(C)CC)cc(=O)n3c2)CC1. The Labute approximate surface area is 206 Å². The van der Waals surface area contributed by atoms with Crippen LogP contribution in [0, 0.1) is 5.92 Å². The summed E-state index contributed by atoms with van der Waals surface area (Å²) < 4.78 is 1.62. The van der Waals surface area contributed by atoms with E-state index < -0.39 is 0 Å². The van der Waals surface area contributed by atoms with Crippen molar-refractivity contribution in [3.05, 3.63) is 70.2 Å². The molecule has 0 spiro atoms. The lowest BCUT2D eigenvalue weighted by molar-refractivity contribution is -0.134. The smallest absolute Gasteiger partial charge is 0.258 e. The molecule has 2 unspecified atom stereocenters. The maximum absolute atomic E-state index is 13.1. The molecular formula is C28H33N3O2S. The molecule has 0 fully saturated rings. The molecule has 0 saturated carbocycles. The monoisotopic (exact) mass is 475 g/mol. The zero-order valence-corrected chi connectivity index (χ0v) is 21.3. The van der Waals surface area contributed by atoms with Crippen molar-refractivity contribution < 1.29 is 4.79 Å². The number of pyridine rings is 1. The predicted molar refractivity (Wildman–Crippen MR) is 141 cm³/mol. The average Bonchev–Trinajstić information content (AvgIpc) is 2.87. The number of fused-ring (bicyclic) bond motifs is 1. The molecule has 0 N–H and O–H groups in total. The van der Waals surface area contributed by atoms with Gasteiger partial charge in [-0.3, -0.25) is 14.0 Å². The molecule has 1 amide bonds. The number of hydrogen-bond donors (Lipinski definition) is 1. The summed E-state index contributed by atoms with van der Waals surface area (Å²) in [6.07, 6.45) is 6.61. The highest BCUT2D eigenvalue weighted by atomic mass is 32.1. The van der Waals surface area contributed by atoms with Crippen molar-refractivity contribution in [2.45, 2.75) is 57.8 Å². The van der Waals surface area contributed by atoms with E-state index in [2.05, 4.69) is 38.6 Å². The van der Waals surface area contributed by atoms with E-state index in [-0.39, 0.29) is 17.4 Å². The summed E-state index contributed by atoms with van der Waals surface area (Å²) in [6.45, 7) is 9.68. The molecule has 0 bridgehead atoms. The number of hydrogen-bond acceptors (Lipinski definition) is 4. The third kappa shape index (κ3) is 4.83. The zero-order valence-electron chi connectivity index (χ0n) is 20.4. The van der Waals surface area contributed by atoms with E-state index >= 15 is 0 Å². The first-order valence-electron chi connectivity index (χ1n) is 12.2. The largest absolute Gasteiger partial charge is 0.338 e. The molecule has 34 heavy (non-hydrogen) atoms. The molecule has 3 heterocycles. The molecule has 5 nitrogen and oxygen atoms in total. The van der Waals surface area contributed by atoms with Crippen LogP contribution in [0.5, 0.6) is 0 Å². The topological polar surface area (TPSA) is 54.7 Å². The fourth-order valence-corrected chi connectivity index (χ4v) is 4.67. The van der Waals surface area contributed by atoms with Crippen LogP contribution in [0.25, 0.3) is 22.5 Å². The second kappa shape index (κ2) is 10.2. The first-order valence-corrected chi connectivity index (χ1v) is 12.6. The van der Waals surface area contributed by atoms with E-state index in [9.17, 15) is 9.59 Å². The van der Waals surface area contributed by atoms with Gasteiger partial charge in [-0.25, -0.2) is 4.98 Å². The molecule has 1 aliphatic rings. The summed E-state index contributed by atoms with van der Waals surface area (Å²) in [5.74, 6) is 0.612. The number of aromatic nitrogens is 2. The summed E-state index contributed by atoms with van der Waals surface area (Å²) in [7, 11) is 0. The van der Waals surface area contributed by atoms with Gasteiger partial charge in [0.25, 0.3) is 5.56 Å². The normalized spacial score (nSPS) is 15.8. The minimum absolute atomic E-state index is 0.0549. The van der Waals surface area contributed by atoms with E-state index in [0.29, 0.717) is 30.3 Å². The Morgan fingerprint density at radius 1 is 1.12 bits per heavy atom. The molecule has 2 aromatic heterocycles. The van der Waals surface area contributed by atoms with Gasteiger partial charge >= 0.3 is 0 Å². The van der Waals surface area contributed by atoms with Gasteiger partial charge in [-0.1, -0.05) is 39.8 Å². The van der Waals surface area contributed by atoms with Gasteiger partial charge in [0.2, 0.25) is 5.91 Å². The summed E-state index contributed by atoms with van der Waals surface area (Å²) in [5, 5.41) is 0. The third-order valence-electron chi connectivity index (χ3n) is 7.04. The number of amides is 1. The maximum Gasteiger partial charge on any atom is 0.258 e. The molecule has 4 rings (SSSR count). The Bertz CT molecular complexity index is 1310. The molecular weight excluding hydrogens is 442 g/mol. The van der Waals surface area contributed by atoms with E-state index in [1.807, 2.05) is 49.2 Å². The Balaban J connectivity index is 1.66. The Morgan fingerprint density at radius 3 is 2.59 bits per heavy atom. The fourth-order valence-electron chi connectivity index (χ4n) is 4.46. The highest BCUT2D eigenvalue weighted by Gasteiger charge is 2.22. The van der Waals surface area contributed by atoms with E-state index in [4.69, 9.17) is 4.98 Å². The van der Waals surface area contributed by atoms with Crippen LogP contribution < -0.4 is 5.56 Å². The summed E-state index contributed by atoms with van der Waals surface area (Å²) >= 11 is 4.51. The quantitative estimate of drug-likeness (QED) is 0.457. The van der Waals surface area contributed by atoms with Crippen molar-refractivity contribution in [2.75, 3.05) is 13.1 Å². The van der Waals surface area contributed by atoms with E-state index in [0.717, 1.165) is 46.4 Å². The predicted octanol–water partition coefficient (Wildman–Crippen LogP) is 5.83. The van der Waals surface area contributed by atoms with Crippen LogP contribution in [0.1, 0.15) is 64.0 Å². The van der Waals surface area contributed by atoms with Crippen LogP contribution in [0.2, 0.25) is 0 Å². The molecule has 0 radical (unpaired) electrons. The van der Waals surface area contributed by atoms with Crippen molar-refractivity contribution in [3.63, 3.8) is 0 Å². The van der Waals surface area contributed by atoms with Crippen LogP contribution in [0.15, 0.2) is 58.4 Å². The van der Waals surface area contributed by atoms with Crippen molar-refractivity contribution in [2.24, 2.45) is 5.92 Å². The Hall–Kier alpha value is -2.86. The molecule has 0 saturated heterocycles. The molecule has 2 atom stereocenters. The number of thiol groups is 1. The minimum atomic E-state index is -0.100. The van der Waals surface area contributed by atoms with Gasteiger partial charge in [0.15, 0.2) is 0 Å². The van der Waals surface area contributed by atoms with Crippen molar-refractivity contribution in [1.29, 1.82) is 0 Å². The maximum atomic E-state index is 13.1. The number of carbonyl (C=O) groups excluding carboxylic acids is 1. The summed E-state index contributed by atoms with van der Waals surface area (Å²) in [5.41, 5.74) is 5.52. The lowest BCUT2D eigenvalue weighted by Gasteiger charge is -2.28. The molecule has 1 aromatic carbocycles. The zero-order chi connectivity index (χ0) is 24.4. The fraction of sp³-hybridized carbons (Fsp3) is 0.393. The first kappa shape index (κ1) is 24.3. The van der Waals surface area contributed by atoms with Gasteiger partial charge in [-0.2, -0.15) is 0 Å².